The summed E-state index contributed by atoms with van der Waals surface area (Å²) in [6, 6.07) is 10.1. The molecule has 0 saturated heterocycles. The van der Waals surface area contributed by atoms with E-state index >= 15 is 0 Å². The number of thiophene rings is 1. The van der Waals surface area contributed by atoms with E-state index in [4.69, 9.17) is 9.26 Å². The predicted octanol–water partition coefficient (Wildman–Crippen LogP) is 4.98. The molecule has 2 atom stereocenters. The van der Waals surface area contributed by atoms with Crippen LogP contribution in [-0.4, -0.2) is 17.3 Å². The van der Waals surface area contributed by atoms with Crippen molar-refractivity contribution in [2.45, 2.75) is 25.9 Å². The van der Waals surface area contributed by atoms with Crippen molar-refractivity contribution >= 4 is 27.3 Å². The number of halogens is 1. The van der Waals surface area contributed by atoms with E-state index in [1.165, 1.54) is 0 Å². The van der Waals surface area contributed by atoms with Crippen LogP contribution in [0.5, 0.6) is 5.75 Å². The molecule has 0 amide bonds. The number of ether oxygens (including phenoxy) is 1. The van der Waals surface area contributed by atoms with Crippen molar-refractivity contribution in [3.05, 3.63) is 51.6 Å². The lowest BCUT2D eigenvalue weighted by molar-refractivity contribution is 0.328. The van der Waals surface area contributed by atoms with Gasteiger partial charge in [-0.2, -0.15) is 4.98 Å². The lowest BCUT2D eigenvalue weighted by Gasteiger charge is -2.18. The Balaban J connectivity index is 1.70. The molecule has 0 bridgehead atoms. The number of aromatic nitrogens is 2. The molecule has 126 valence electrons. The second-order valence-electron chi connectivity index (χ2n) is 5.44. The Hall–Kier alpha value is -1.70. The van der Waals surface area contributed by atoms with E-state index in [1.807, 2.05) is 42.6 Å². The van der Waals surface area contributed by atoms with Gasteiger partial charge in [-0.15, -0.1) is 11.3 Å². The zero-order chi connectivity index (χ0) is 17.1. The van der Waals surface area contributed by atoms with Crippen molar-refractivity contribution in [3.8, 4) is 16.5 Å². The molecular formula is C17H18BrN3O2S. The highest BCUT2D eigenvalue weighted by atomic mass is 79.9. The molecule has 0 fully saturated rings. The molecule has 2 unspecified atom stereocenters. The van der Waals surface area contributed by atoms with E-state index in [0.717, 1.165) is 20.7 Å². The average Bonchev–Trinajstić information content (AvgIpc) is 3.25. The first-order chi connectivity index (χ1) is 11.6. The molecule has 0 aliphatic heterocycles. The van der Waals surface area contributed by atoms with Crippen molar-refractivity contribution in [1.82, 2.24) is 15.5 Å². The van der Waals surface area contributed by atoms with Gasteiger partial charge in [-0.3, -0.25) is 5.32 Å². The van der Waals surface area contributed by atoms with Crippen molar-refractivity contribution < 1.29 is 9.26 Å². The minimum absolute atomic E-state index is 0.0536. The first-order valence-electron chi connectivity index (χ1n) is 7.55. The zero-order valence-electron chi connectivity index (χ0n) is 13.6. The Bertz CT molecular complexity index is 804. The van der Waals surface area contributed by atoms with E-state index in [9.17, 15) is 0 Å². The van der Waals surface area contributed by atoms with Crippen molar-refractivity contribution in [2.24, 2.45) is 0 Å². The van der Waals surface area contributed by atoms with Gasteiger partial charge in [0.1, 0.15) is 5.75 Å². The lowest BCUT2D eigenvalue weighted by Crippen LogP contribution is -2.22. The van der Waals surface area contributed by atoms with Gasteiger partial charge < -0.3 is 9.26 Å². The summed E-state index contributed by atoms with van der Waals surface area (Å²) in [4.78, 5) is 5.49. The zero-order valence-corrected chi connectivity index (χ0v) is 16.0. The fourth-order valence-corrected chi connectivity index (χ4v) is 3.62. The number of nitrogens with one attached hydrogen (secondary N) is 1. The largest absolute Gasteiger partial charge is 0.496 e. The first kappa shape index (κ1) is 17.1. The maximum absolute atomic E-state index is 5.40. The molecule has 3 aromatic rings. The number of hydrogen-bond acceptors (Lipinski definition) is 6. The van der Waals surface area contributed by atoms with Gasteiger partial charge in [0.2, 0.25) is 11.7 Å². The van der Waals surface area contributed by atoms with Crippen molar-refractivity contribution in [2.75, 3.05) is 7.11 Å². The Morgan fingerprint density at radius 2 is 2.08 bits per heavy atom. The first-order valence-corrected chi connectivity index (χ1v) is 9.22. The molecule has 1 aromatic carbocycles. The number of hydrogen-bond donors (Lipinski definition) is 1. The van der Waals surface area contributed by atoms with Gasteiger partial charge in [-0.05, 0) is 58.9 Å². The van der Waals surface area contributed by atoms with E-state index < -0.39 is 0 Å². The molecule has 24 heavy (non-hydrogen) atoms. The molecule has 0 aliphatic rings. The molecule has 5 nitrogen and oxygen atoms in total. The van der Waals surface area contributed by atoms with Gasteiger partial charge in [0.25, 0.3) is 0 Å². The van der Waals surface area contributed by atoms with Crippen LogP contribution in [0.15, 0.2) is 44.7 Å². The summed E-state index contributed by atoms with van der Waals surface area (Å²) >= 11 is 5.11. The summed E-state index contributed by atoms with van der Waals surface area (Å²) in [5.74, 6) is 2.03. The normalized spacial score (nSPS) is 13.7. The maximum atomic E-state index is 5.40. The molecule has 0 radical (unpaired) electrons. The van der Waals surface area contributed by atoms with Gasteiger partial charge in [-0.25, -0.2) is 0 Å². The summed E-state index contributed by atoms with van der Waals surface area (Å²) in [5, 5.41) is 9.53. The summed E-state index contributed by atoms with van der Waals surface area (Å²) < 4.78 is 11.6. The summed E-state index contributed by atoms with van der Waals surface area (Å²) in [5.41, 5.74) is 1.15. The van der Waals surface area contributed by atoms with Crippen molar-refractivity contribution in [1.29, 1.82) is 0 Å². The molecule has 7 heteroatoms. The molecule has 0 aliphatic carbocycles. The topological polar surface area (TPSA) is 60.2 Å². The van der Waals surface area contributed by atoms with Gasteiger partial charge >= 0.3 is 0 Å². The van der Waals surface area contributed by atoms with Gasteiger partial charge in [0, 0.05) is 6.04 Å². The third kappa shape index (κ3) is 3.68. The molecule has 0 saturated carbocycles. The average molecular weight is 408 g/mol. The highest BCUT2D eigenvalue weighted by Gasteiger charge is 2.18. The second kappa shape index (κ2) is 7.46. The van der Waals surface area contributed by atoms with Crippen LogP contribution in [0.4, 0.5) is 0 Å². The third-order valence-corrected chi connectivity index (χ3v) is 5.22. The fourth-order valence-electron chi connectivity index (χ4n) is 2.41. The summed E-state index contributed by atoms with van der Waals surface area (Å²) in [7, 11) is 1.66. The number of benzene rings is 1. The Morgan fingerprint density at radius 1 is 1.25 bits per heavy atom. The minimum atomic E-state index is -0.0536. The molecule has 1 N–H and O–H groups in total. The van der Waals surface area contributed by atoms with E-state index in [2.05, 4.69) is 38.3 Å². The summed E-state index contributed by atoms with van der Waals surface area (Å²) in [6.07, 6.45) is 0. The highest BCUT2D eigenvalue weighted by molar-refractivity contribution is 9.10. The molecule has 3 rings (SSSR count). The van der Waals surface area contributed by atoms with Gasteiger partial charge in [-0.1, -0.05) is 17.3 Å². The van der Waals surface area contributed by atoms with E-state index in [-0.39, 0.29) is 12.1 Å². The molecular weight excluding hydrogens is 390 g/mol. The van der Waals surface area contributed by atoms with Crippen LogP contribution in [0.25, 0.3) is 10.7 Å². The quantitative estimate of drug-likeness (QED) is 0.623. The van der Waals surface area contributed by atoms with Crippen LogP contribution < -0.4 is 10.1 Å². The van der Waals surface area contributed by atoms with Crippen LogP contribution in [0.1, 0.15) is 37.4 Å². The van der Waals surface area contributed by atoms with Crippen LogP contribution >= 0.6 is 27.3 Å². The monoisotopic (exact) mass is 407 g/mol. The minimum Gasteiger partial charge on any atom is -0.496 e. The Kier molecular flexibility index (Phi) is 5.33. The Labute approximate surface area is 153 Å². The molecule has 2 aromatic heterocycles. The fraction of sp³-hybridized carbons (Fsp3) is 0.294. The van der Waals surface area contributed by atoms with Gasteiger partial charge in [0.05, 0.1) is 22.5 Å². The van der Waals surface area contributed by atoms with E-state index in [1.54, 1.807) is 18.4 Å². The van der Waals surface area contributed by atoms with Crippen LogP contribution in [0.2, 0.25) is 0 Å². The second-order valence-corrected chi connectivity index (χ2v) is 7.24. The Morgan fingerprint density at radius 3 is 2.75 bits per heavy atom. The lowest BCUT2D eigenvalue weighted by atomic mass is 10.1. The molecule has 0 spiro atoms. The smallest absolute Gasteiger partial charge is 0.243 e. The number of nitrogens with zero attached hydrogens (tertiary/aromatic N) is 2. The number of methoxy groups -OCH3 is 1. The predicted molar refractivity (Wildman–Crippen MR) is 98.3 cm³/mol. The molecule has 2 heterocycles. The van der Waals surface area contributed by atoms with Gasteiger partial charge in [0.15, 0.2) is 0 Å². The van der Waals surface area contributed by atoms with Crippen LogP contribution in [-0.2, 0) is 0 Å². The maximum Gasteiger partial charge on any atom is 0.243 e. The SMILES string of the molecule is COc1ccc(C(C)NC(C)c2nc(-c3cccs3)no2)cc1Br. The van der Waals surface area contributed by atoms with E-state index in [0.29, 0.717) is 11.7 Å². The highest BCUT2D eigenvalue weighted by Crippen LogP contribution is 2.29. The van der Waals surface area contributed by atoms with Crippen molar-refractivity contribution in [3.63, 3.8) is 0 Å². The standard InChI is InChI=1S/C17H18BrN3O2S/c1-10(12-6-7-14(22-3)13(18)9-12)19-11(2)17-20-16(21-23-17)15-5-4-8-24-15/h4-11,19H,1-3H3. The third-order valence-electron chi connectivity index (χ3n) is 3.73. The van der Waals surface area contributed by atoms with Crippen LogP contribution in [0.3, 0.4) is 0 Å². The summed E-state index contributed by atoms with van der Waals surface area (Å²) in [6.45, 7) is 4.11. The van der Waals surface area contributed by atoms with Crippen LogP contribution in [0, 0.1) is 0 Å². The number of rotatable bonds is 6.